The van der Waals surface area contributed by atoms with Gasteiger partial charge in [-0.15, -0.1) is 0 Å². The smallest absolute Gasteiger partial charge is 0.132 e. The molecule has 0 spiro atoms. The highest BCUT2D eigenvalue weighted by Crippen LogP contribution is 2.32. The van der Waals surface area contributed by atoms with E-state index in [1.54, 1.807) is 12.4 Å². The standard InChI is InChI=1S/C23H20F2N2O2/c1-15-5-8-18(29-13-19-20(24)3-2-4-21(19)25)10-23(15)27-11-17-7-6-16(12-28)9-22(17)26-14-27/h2-10,14,28H,11-13H2,1H3. The van der Waals surface area contributed by atoms with E-state index in [4.69, 9.17) is 4.74 Å². The van der Waals surface area contributed by atoms with Crippen molar-refractivity contribution in [1.82, 2.24) is 0 Å². The molecule has 1 aliphatic rings. The van der Waals surface area contributed by atoms with E-state index >= 15 is 0 Å². The fourth-order valence-electron chi connectivity index (χ4n) is 3.28. The number of anilines is 1. The van der Waals surface area contributed by atoms with Crippen molar-refractivity contribution < 1.29 is 18.6 Å². The molecule has 0 bridgehead atoms. The minimum absolute atomic E-state index is 0.0202. The molecule has 0 saturated heterocycles. The van der Waals surface area contributed by atoms with Crippen molar-refractivity contribution in [3.8, 4) is 5.75 Å². The summed E-state index contributed by atoms with van der Waals surface area (Å²) >= 11 is 0. The molecule has 1 N–H and O–H groups in total. The molecule has 4 rings (SSSR count). The van der Waals surface area contributed by atoms with Gasteiger partial charge in [-0.1, -0.05) is 24.3 Å². The Hall–Kier alpha value is -3.25. The lowest BCUT2D eigenvalue weighted by molar-refractivity contribution is 0.282. The fraction of sp³-hybridized carbons (Fsp3) is 0.174. The summed E-state index contributed by atoms with van der Waals surface area (Å²) < 4.78 is 33.3. The second kappa shape index (κ2) is 8.01. The first-order chi connectivity index (χ1) is 14.0. The van der Waals surface area contributed by atoms with Crippen LogP contribution >= 0.6 is 0 Å². The topological polar surface area (TPSA) is 45.1 Å². The van der Waals surface area contributed by atoms with Gasteiger partial charge < -0.3 is 14.7 Å². The van der Waals surface area contributed by atoms with Crippen molar-refractivity contribution in [2.45, 2.75) is 26.7 Å². The molecule has 29 heavy (non-hydrogen) atoms. The number of nitrogens with zero attached hydrogens (tertiary/aromatic N) is 2. The number of benzene rings is 3. The Balaban J connectivity index is 1.55. The third kappa shape index (κ3) is 3.98. The summed E-state index contributed by atoms with van der Waals surface area (Å²) in [5.41, 5.74) is 4.54. The highest BCUT2D eigenvalue weighted by molar-refractivity contribution is 5.85. The van der Waals surface area contributed by atoms with Gasteiger partial charge in [0.25, 0.3) is 0 Å². The van der Waals surface area contributed by atoms with Gasteiger partial charge in [-0.3, -0.25) is 0 Å². The number of aryl methyl sites for hydroxylation is 1. The van der Waals surface area contributed by atoms with Gasteiger partial charge in [-0.2, -0.15) is 0 Å². The Bertz CT molecular complexity index is 1060. The number of halogens is 2. The highest BCUT2D eigenvalue weighted by Gasteiger charge is 2.16. The van der Waals surface area contributed by atoms with Gasteiger partial charge in [0.1, 0.15) is 24.0 Å². The Labute approximate surface area is 167 Å². The molecular weight excluding hydrogens is 374 g/mol. The molecule has 0 fully saturated rings. The van der Waals surface area contributed by atoms with Crippen LogP contribution in [0.3, 0.4) is 0 Å². The predicted molar refractivity (Wildman–Crippen MR) is 109 cm³/mol. The lowest BCUT2D eigenvalue weighted by atomic mass is 10.1. The molecule has 1 aliphatic heterocycles. The molecule has 0 saturated carbocycles. The van der Waals surface area contributed by atoms with Gasteiger partial charge in [-0.25, -0.2) is 13.8 Å². The van der Waals surface area contributed by atoms with Gasteiger partial charge in [0.2, 0.25) is 0 Å². The predicted octanol–water partition coefficient (Wildman–Crippen LogP) is 5.02. The van der Waals surface area contributed by atoms with Gasteiger partial charge >= 0.3 is 0 Å². The minimum Gasteiger partial charge on any atom is -0.489 e. The van der Waals surface area contributed by atoms with E-state index in [1.807, 2.05) is 42.2 Å². The van der Waals surface area contributed by atoms with Crippen LogP contribution in [0, 0.1) is 18.6 Å². The minimum atomic E-state index is -0.626. The zero-order valence-corrected chi connectivity index (χ0v) is 15.9. The number of fused-ring (bicyclic) bond motifs is 1. The van der Waals surface area contributed by atoms with Crippen molar-refractivity contribution in [2.24, 2.45) is 4.99 Å². The molecule has 0 aliphatic carbocycles. The summed E-state index contributed by atoms with van der Waals surface area (Å²) in [6.45, 7) is 2.39. The maximum atomic E-state index is 13.8. The van der Waals surface area contributed by atoms with Crippen molar-refractivity contribution in [1.29, 1.82) is 0 Å². The van der Waals surface area contributed by atoms with Crippen LogP contribution in [0.2, 0.25) is 0 Å². The summed E-state index contributed by atoms with van der Waals surface area (Å²) in [5, 5.41) is 9.28. The first-order valence-electron chi connectivity index (χ1n) is 9.25. The Morgan fingerprint density at radius 2 is 1.86 bits per heavy atom. The number of rotatable bonds is 5. The van der Waals surface area contributed by atoms with Crippen LogP contribution in [0.25, 0.3) is 0 Å². The van der Waals surface area contributed by atoms with Gasteiger partial charge in [0.05, 0.1) is 30.7 Å². The van der Waals surface area contributed by atoms with Crippen LogP contribution in [-0.4, -0.2) is 11.4 Å². The zero-order valence-electron chi connectivity index (χ0n) is 15.9. The maximum Gasteiger partial charge on any atom is 0.132 e. The number of ether oxygens (including phenoxy) is 1. The largest absolute Gasteiger partial charge is 0.489 e. The first-order valence-corrected chi connectivity index (χ1v) is 9.25. The molecule has 0 aromatic heterocycles. The highest BCUT2D eigenvalue weighted by atomic mass is 19.1. The molecule has 148 valence electrons. The van der Waals surface area contributed by atoms with Crippen molar-refractivity contribution in [2.75, 3.05) is 4.90 Å². The molecule has 3 aromatic carbocycles. The Morgan fingerprint density at radius 1 is 1.07 bits per heavy atom. The van der Waals surface area contributed by atoms with Crippen LogP contribution in [0.15, 0.2) is 59.6 Å². The van der Waals surface area contributed by atoms with Crippen LogP contribution in [0.5, 0.6) is 5.75 Å². The van der Waals surface area contributed by atoms with Gasteiger partial charge in [-0.05, 0) is 47.9 Å². The number of aliphatic hydroxyl groups excluding tert-OH is 1. The molecule has 3 aromatic rings. The van der Waals surface area contributed by atoms with Crippen molar-refractivity contribution in [3.63, 3.8) is 0 Å². The number of aliphatic imine (C=N–C) groups is 1. The summed E-state index contributed by atoms with van der Waals surface area (Å²) in [4.78, 5) is 6.49. The first kappa shape index (κ1) is 19.1. The number of aliphatic hydroxyl groups is 1. The second-order valence-corrected chi connectivity index (χ2v) is 6.93. The fourth-order valence-corrected chi connectivity index (χ4v) is 3.28. The van der Waals surface area contributed by atoms with E-state index in [-0.39, 0.29) is 18.8 Å². The SMILES string of the molecule is Cc1ccc(OCc2c(F)cccc2F)cc1N1C=Nc2cc(CO)ccc2C1. The Kier molecular flexibility index (Phi) is 5.27. The molecular formula is C23H20F2N2O2. The van der Waals surface area contributed by atoms with Crippen LogP contribution in [-0.2, 0) is 19.8 Å². The van der Waals surface area contributed by atoms with E-state index < -0.39 is 11.6 Å². The van der Waals surface area contributed by atoms with E-state index in [1.165, 1.54) is 18.2 Å². The van der Waals surface area contributed by atoms with Crippen molar-refractivity contribution >= 4 is 17.7 Å². The van der Waals surface area contributed by atoms with E-state index in [0.717, 1.165) is 28.1 Å². The molecule has 4 nitrogen and oxygen atoms in total. The summed E-state index contributed by atoms with van der Waals surface area (Å²) in [6.07, 6.45) is 1.74. The lowest BCUT2D eigenvalue weighted by Crippen LogP contribution is -2.24. The van der Waals surface area contributed by atoms with Crippen LogP contribution in [0.1, 0.15) is 22.3 Å². The van der Waals surface area contributed by atoms with E-state index in [2.05, 4.69) is 4.99 Å². The molecule has 0 amide bonds. The zero-order chi connectivity index (χ0) is 20.4. The van der Waals surface area contributed by atoms with E-state index in [0.29, 0.717) is 12.3 Å². The van der Waals surface area contributed by atoms with Crippen LogP contribution in [0.4, 0.5) is 20.2 Å². The number of hydrogen-bond acceptors (Lipinski definition) is 4. The van der Waals surface area contributed by atoms with Crippen LogP contribution < -0.4 is 9.64 Å². The molecule has 0 atom stereocenters. The van der Waals surface area contributed by atoms with Crippen molar-refractivity contribution in [3.05, 3.63) is 88.5 Å². The monoisotopic (exact) mass is 394 g/mol. The van der Waals surface area contributed by atoms with Gasteiger partial charge in [0, 0.05) is 11.8 Å². The molecule has 6 heteroatoms. The Morgan fingerprint density at radius 3 is 2.62 bits per heavy atom. The maximum absolute atomic E-state index is 13.8. The average molecular weight is 394 g/mol. The summed E-state index contributed by atoms with van der Waals surface area (Å²) in [5.74, 6) is -0.734. The third-order valence-corrected chi connectivity index (χ3v) is 4.94. The number of hydrogen-bond donors (Lipinski definition) is 1. The average Bonchev–Trinajstić information content (AvgIpc) is 2.73. The third-order valence-electron chi connectivity index (χ3n) is 4.94. The van der Waals surface area contributed by atoms with Gasteiger partial charge in [0.15, 0.2) is 0 Å². The molecule has 0 unspecified atom stereocenters. The second-order valence-electron chi connectivity index (χ2n) is 6.93. The summed E-state index contributed by atoms with van der Waals surface area (Å²) in [7, 11) is 0. The van der Waals surface area contributed by atoms with E-state index in [9.17, 15) is 13.9 Å². The quantitative estimate of drug-likeness (QED) is 0.661. The molecule has 1 heterocycles. The lowest BCUT2D eigenvalue weighted by Gasteiger charge is -2.26. The summed E-state index contributed by atoms with van der Waals surface area (Å²) in [6, 6.07) is 15.0. The molecule has 0 radical (unpaired) electrons. The normalized spacial score (nSPS) is 12.8.